The number of hydrogen-bond donors (Lipinski definition) is 0. The van der Waals surface area contributed by atoms with E-state index in [0.717, 1.165) is 0 Å². The minimum Gasteiger partial charge on any atom is -0.100 e. The summed E-state index contributed by atoms with van der Waals surface area (Å²) in [7, 11) is 0. The molecule has 0 saturated carbocycles. The molecule has 0 atom stereocenters. The maximum Gasteiger partial charge on any atom is -0.0445 e. The van der Waals surface area contributed by atoms with Crippen molar-refractivity contribution in [2.24, 2.45) is 0 Å². The molecule has 0 radical (unpaired) electrons. The number of benzene rings is 1. The first kappa shape index (κ1) is 17.9. The van der Waals surface area contributed by atoms with Gasteiger partial charge in [0.1, 0.15) is 0 Å². The largest absolute Gasteiger partial charge is 0.100 e. The fraction of sp³-hybridized carbons (Fsp3) is 0.385. The number of rotatable bonds is 0. The lowest BCUT2D eigenvalue weighted by atomic mass is 10.4. The first-order chi connectivity index (χ1) is 5.73. The van der Waals surface area contributed by atoms with Crippen molar-refractivity contribution in [2.45, 2.75) is 35.1 Å². The quantitative estimate of drug-likeness (QED) is 0.496. The summed E-state index contributed by atoms with van der Waals surface area (Å²) in [5, 5.41) is 0. The Morgan fingerprint density at radius 1 is 0.769 bits per heavy atom. The smallest absolute Gasteiger partial charge is 0.0445 e. The summed E-state index contributed by atoms with van der Waals surface area (Å²) < 4.78 is 0. The molecule has 76 valence electrons. The van der Waals surface area contributed by atoms with Crippen LogP contribution in [0.2, 0.25) is 0 Å². The summed E-state index contributed by atoms with van der Waals surface area (Å²) >= 11 is 0. The monoisotopic (exact) mass is 180 g/mol. The standard InChI is InChI=1S/C6H6.C4H8.C2H6.CH4/c1-2-4-6-5-3-1;1-4(2)3;1-2;/h1-6H;1H2,2-3H3;1-2H3;1H4. The zero-order chi connectivity index (χ0) is 9.82. The van der Waals surface area contributed by atoms with Crippen LogP contribution in [0.15, 0.2) is 48.6 Å². The molecule has 0 aliphatic rings. The van der Waals surface area contributed by atoms with Crippen molar-refractivity contribution in [2.75, 3.05) is 0 Å². The van der Waals surface area contributed by atoms with Crippen LogP contribution in [0.4, 0.5) is 0 Å². The van der Waals surface area contributed by atoms with Crippen molar-refractivity contribution in [3.05, 3.63) is 48.6 Å². The molecule has 0 heterocycles. The molecule has 0 unspecified atom stereocenters. The van der Waals surface area contributed by atoms with Crippen LogP contribution in [0.1, 0.15) is 35.1 Å². The Kier molecular flexibility index (Phi) is 23.6. The van der Waals surface area contributed by atoms with Crippen LogP contribution in [0.5, 0.6) is 0 Å². The van der Waals surface area contributed by atoms with Crippen LogP contribution in [0.25, 0.3) is 0 Å². The van der Waals surface area contributed by atoms with Gasteiger partial charge in [0.15, 0.2) is 0 Å². The van der Waals surface area contributed by atoms with E-state index in [1.807, 2.05) is 64.1 Å². The van der Waals surface area contributed by atoms with Gasteiger partial charge < -0.3 is 0 Å². The van der Waals surface area contributed by atoms with E-state index >= 15 is 0 Å². The molecule has 0 amide bonds. The molecule has 0 nitrogen and oxygen atoms in total. The topological polar surface area (TPSA) is 0 Å². The van der Waals surface area contributed by atoms with Crippen molar-refractivity contribution in [1.82, 2.24) is 0 Å². The van der Waals surface area contributed by atoms with Crippen LogP contribution in [-0.2, 0) is 0 Å². The Morgan fingerprint density at radius 2 is 0.846 bits per heavy atom. The molecule has 0 aliphatic heterocycles. The highest BCUT2D eigenvalue weighted by Gasteiger charge is 1.57. The van der Waals surface area contributed by atoms with Crippen LogP contribution >= 0.6 is 0 Å². The predicted molar refractivity (Wildman–Crippen MR) is 65.0 cm³/mol. The summed E-state index contributed by atoms with van der Waals surface area (Å²) in [5.74, 6) is 0. The van der Waals surface area contributed by atoms with Gasteiger partial charge in [0.25, 0.3) is 0 Å². The van der Waals surface area contributed by atoms with E-state index in [9.17, 15) is 0 Å². The Bertz CT molecular complexity index is 132. The van der Waals surface area contributed by atoms with Gasteiger partial charge in [-0.05, 0) is 13.8 Å². The predicted octanol–water partition coefficient (Wildman–Crippen LogP) is 4.93. The van der Waals surface area contributed by atoms with Gasteiger partial charge in [0.05, 0.1) is 0 Å². The normalized spacial score (nSPS) is 6.15. The first-order valence-electron chi connectivity index (χ1n) is 4.35. The lowest BCUT2D eigenvalue weighted by Crippen LogP contribution is -1.47. The molecule has 0 heteroatoms. The Morgan fingerprint density at radius 3 is 0.923 bits per heavy atom. The van der Waals surface area contributed by atoms with Crippen LogP contribution in [0, 0.1) is 0 Å². The molecule has 1 rings (SSSR count). The van der Waals surface area contributed by atoms with Crippen molar-refractivity contribution in [3.8, 4) is 0 Å². The highest BCUT2D eigenvalue weighted by molar-refractivity contribution is 4.99. The highest BCUT2D eigenvalue weighted by Crippen LogP contribution is 1.79. The zero-order valence-electron chi connectivity index (χ0n) is 8.67. The first-order valence-corrected chi connectivity index (χ1v) is 4.35. The summed E-state index contributed by atoms with van der Waals surface area (Å²) in [6.45, 7) is 11.5. The third kappa shape index (κ3) is 35.8. The number of allylic oxidation sites excluding steroid dienone is 1. The Labute approximate surface area is 84.3 Å². The summed E-state index contributed by atoms with van der Waals surface area (Å²) in [6.07, 6.45) is 0. The van der Waals surface area contributed by atoms with E-state index in [4.69, 9.17) is 0 Å². The van der Waals surface area contributed by atoms with Crippen molar-refractivity contribution < 1.29 is 0 Å². The maximum atomic E-state index is 3.56. The lowest BCUT2D eigenvalue weighted by molar-refractivity contribution is 1.42. The molecule has 0 aliphatic carbocycles. The average molecular weight is 180 g/mol. The minimum atomic E-state index is 0. The number of hydrogen-bond acceptors (Lipinski definition) is 0. The summed E-state index contributed by atoms with van der Waals surface area (Å²) in [4.78, 5) is 0. The van der Waals surface area contributed by atoms with Gasteiger partial charge in [-0.2, -0.15) is 0 Å². The molecule has 13 heavy (non-hydrogen) atoms. The molecule has 0 aromatic heterocycles. The minimum absolute atomic E-state index is 0. The second-order valence-electron chi connectivity index (χ2n) is 2.36. The van der Waals surface area contributed by atoms with E-state index in [1.165, 1.54) is 5.57 Å². The van der Waals surface area contributed by atoms with Crippen molar-refractivity contribution in [3.63, 3.8) is 0 Å². The summed E-state index contributed by atoms with van der Waals surface area (Å²) in [6, 6.07) is 12.0. The lowest BCUT2D eigenvalue weighted by Gasteiger charge is -1.69. The zero-order valence-corrected chi connectivity index (χ0v) is 8.67. The maximum absolute atomic E-state index is 3.56. The van der Waals surface area contributed by atoms with Gasteiger partial charge in [0.2, 0.25) is 0 Å². The Hall–Kier alpha value is -1.04. The highest BCUT2D eigenvalue weighted by atomic mass is 13.6. The van der Waals surface area contributed by atoms with Gasteiger partial charge in [-0.15, -0.1) is 6.58 Å². The molecular formula is C13H24. The molecule has 0 saturated heterocycles. The van der Waals surface area contributed by atoms with Crippen LogP contribution < -0.4 is 0 Å². The van der Waals surface area contributed by atoms with E-state index in [0.29, 0.717) is 0 Å². The fourth-order valence-electron chi connectivity index (χ4n) is 0.385. The average Bonchev–Trinajstić information content (AvgIpc) is 2.10. The molecule has 0 bridgehead atoms. The fourth-order valence-corrected chi connectivity index (χ4v) is 0.385. The van der Waals surface area contributed by atoms with E-state index in [-0.39, 0.29) is 7.43 Å². The van der Waals surface area contributed by atoms with Crippen molar-refractivity contribution in [1.29, 1.82) is 0 Å². The third-order valence-electron chi connectivity index (χ3n) is 0.667. The van der Waals surface area contributed by atoms with Gasteiger partial charge in [-0.1, -0.05) is 63.2 Å². The molecule has 0 fully saturated rings. The van der Waals surface area contributed by atoms with Crippen LogP contribution in [-0.4, -0.2) is 0 Å². The van der Waals surface area contributed by atoms with E-state index < -0.39 is 0 Å². The molecule has 1 aromatic rings. The molecule has 0 N–H and O–H groups in total. The van der Waals surface area contributed by atoms with E-state index in [2.05, 4.69) is 6.58 Å². The summed E-state index contributed by atoms with van der Waals surface area (Å²) in [5.41, 5.74) is 1.17. The van der Waals surface area contributed by atoms with Crippen LogP contribution in [0.3, 0.4) is 0 Å². The molecule has 0 spiro atoms. The van der Waals surface area contributed by atoms with Gasteiger partial charge in [-0.25, -0.2) is 0 Å². The second-order valence-corrected chi connectivity index (χ2v) is 2.36. The van der Waals surface area contributed by atoms with Crippen molar-refractivity contribution >= 4 is 0 Å². The van der Waals surface area contributed by atoms with E-state index in [1.54, 1.807) is 0 Å². The Balaban J connectivity index is -0.000000128. The third-order valence-corrected chi connectivity index (χ3v) is 0.667. The van der Waals surface area contributed by atoms with Gasteiger partial charge >= 0.3 is 0 Å². The molecule has 1 aromatic carbocycles. The second kappa shape index (κ2) is 17.2. The molecular weight excluding hydrogens is 156 g/mol. The van der Waals surface area contributed by atoms with Gasteiger partial charge in [-0.3, -0.25) is 0 Å². The van der Waals surface area contributed by atoms with Gasteiger partial charge in [0, 0.05) is 0 Å². The SMILES string of the molecule is C.C=C(C)C.CC.c1ccccc1.